The molecule has 2 rings (SSSR count). The first-order chi connectivity index (χ1) is 9.61. The summed E-state index contributed by atoms with van der Waals surface area (Å²) in [5.74, 6) is 0. The highest BCUT2D eigenvalue weighted by Crippen LogP contribution is 2.28. The van der Waals surface area contributed by atoms with Gasteiger partial charge in [-0.2, -0.15) is 0 Å². The number of anilines is 1. The quantitative estimate of drug-likeness (QED) is 0.901. The first kappa shape index (κ1) is 15.6. The summed E-state index contributed by atoms with van der Waals surface area (Å²) < 4.78 is 0. The highest BCUT2D eigenvalue weighted by atomic mass is 35.5. The molecule has 0 radical (unpaired) electrons. The Morgan fingerprint density at radius 1 is 1.20 bits per heavy atom. The molecule has 0 bridgehead atoms. The average molecular weight is 296 g/mol. The standard InChI is InChI=1S/C16H26ClN3/c1-4-18-12-14-5-6-16(15(17)11-14)20-9-7-19(8-10-20)13(2)3/h5-6,11,13,18H,4,7-10,12H2,1-3H3. The molecule has 3 nitrogen and oxygen atoms in total. The maximum atomic E-state index is 6.46. The van der Waals surface area contributed by atoms with Crippen LogP contribution in [-0.4, -0.2) is 43.7 Å². The second kappa shape index (κ2) is 7.30. The van der Waals surface area contributed by atoms with Gasteiger partial charge in [-0.3, -0.25) is 4.90 Å². The van der Waals surface area contributed by atoms with Crippen LogP contribution in [0.4, 0.5) is 5.69 Å². The molecule has 0 aromatic heterocycles. The fourth-order valence-corrected chi connectivity index (χ4v) is 2.99. The van der Waals surface area contributed by atoms with Gasteiger partial charge in [-0.25, -0.2) is 0 Å². The number of nitrogens with zero attached hydrogens (tertiary/aromatic N) is 2. The molecule has 1 aromatic carbocycles. The zero-order chi connectivity index (χ0) is 14.5. The van der Waals surface area contributed by atoms with Crippen LogP contribution in [0.25, 0.3) is 0 Å². The highest BCUT2D eigenvalue weighted by Gasteiger charge is 2.20. The van der Waals surface area contributed by atoms with Crippen LogP contribution in [-0.2, 0) is 6.54 Å². The van der Waals surface area contributed by atoms with E-state index < -0.39 is 0 Å². The van der Waals surface area contributed by atoms with Crippen molar-refractivity contribution in [2.24, 2.45) is 0 Å². The van der Waals surface area contributed by atoms with Gasteiger partial charge in [-0.15, -0.1) is 0 Å². The molecule has 0 unspecified atom stereocenters. The summed E-state index contributed by atoms with van der Waals surface area (Å²) in [5, 5.41) is 4.20. The van der Waals surface area contributed by atoms with E-state index in [1.807, 2.05) is 0 Å². The summed E-state index contributed by atoms with van der Waals surface area (Å²) in [7, 11) is 0. The molecular weight excluding hydrogens is 270 g/mol. The van der Waals surface area contributed by atoms with Crippen LogP contribution in [0, 0.1) is 0 Å². The fraction of sp³-hybridized carbons (Fsp3) is 0.625. The van der Waals surface area contributed by atoms with E-state index in [2.05, 4.69) is 54.1 Å². The summed E-state index contributed by atoms with van der Waals surface area (Å²) in [6.07, 6.45) is 0. The zero-order valence-electron chi connectivity index (χ0n) is 12.8. The van der Waals surface area contributed by atoms with Gasteiger partial charge in [0.15, 0.2) is 0 Å². The van der Waals surface area contributed by atoms with Crippen molar-refractivity contribution >= 4 is 17.3 Å². The lowest BCUT2D eigenvalue weighted by Gasteiger charge is -2.38. The average Bonchev–Trinajstić information content (AvgIpc) is 2.45. The third-order valence-electron chi connectivity index (χ3n) is 3.98. The second-order valence-electron chi connectivity index (χ2n) is 5.68. The lowest BCUT2D eigenvalue weighted by Crippen LogP contribution is -2.49. The third-order valence-corrected chi connectivity index (χ3v) is 4.28. The van der Waals surface area contributed by atoms with E-state index in [4.69, 9.17) is 11.6 Å². The van der Waals surface area contributed by atoms with Crippen molar-refractivity contribution in [2.45, 2.75) is 33.4 Å². The van der Waals surface area contributed by atoms with Crippen molar-refractivity contribution in [3.05, 3.63) is 28.8 Å². The summed E-state index contributed by atoms with van der Waals surface area (Å²) in [5.41, 5.74) is 2.43. The van der Waals surface area contributed by atoms with Crippen molar-refractivity contribution in [3.63, 3.8) is 0 Å². The van der Waals surface area contributed by atoms with Crippen LogP contribution < -0.4 is 10.2 Å². The summed E-state index contributed by atoms with van der Waals surface area (Å²) in [4.78, 5) is 4.92. The molecule has 20 heavy (non-hydrogen) atoms. The molecular formula is C16H26ClN3. The third kappa shape index (κ3) is 3.87. The van der Waals surface area contributed by atoms with Crippen LogP contribution in [0.1, 0.15) is 26.3 Å². The predicted molar refractivity (Wildman–Crippen MR) is 87.8 cm³/mol. The normalized spacial score (nSPS) is 16.9. The molecule has 1 heterocycles. The zero-order valence-corrected chi connectivity index (χ0v) is 13.6. The summed E-state index contributed by atoms with van der Waals surface area (Å²) in [6, 6.07) is 7.07. The molecule has 1 fully saturated rings. The Morgan fingerprint density at radius 2 is 1.90 bits per heavy atom. The minimum Gasteiger partial charge on any atom is -0.368 e. The van der Waals surface area contributed by atoms with E-state index in [0.717, 1.165) is 44.3 Å². The van der Waals surface area contributed by atoms with Gasteiger partial charge in [-0.05, 0) is 38.1 Å². The SMILES string of the molecule is CCNCc1ccc(N2CCN(C(C)C)CC2)c(Cl)c1. The molecule has 112 valence electrons. The van der Waals surface area contributed by atoms with Crippen LogP contribution in [0.2, 0.25) is 5.02 Å². The Kier molecular flexibility index (Phi) is 5.70. The number of rotatable bonds is 5. The molecule has 1 aromatic rings. The maximum absolute atomic E-state index is 6.46. The van der Waals surface area contributed by atoms with E-state index in [1.54, 1.807) is 0 Å². The Bertz CT molecular complexity index is 426. The van der Waals surface area contributed by atoms with Gasteiger partial charge in [0.2, 0.25) is 0 Å². The summed E-state index contributed by atoms with van der Waals surface area (Å²) >= 11 is 6.46. The first-order valence-electron chi connectivity index (χ1n) is 7.60. The van der Waals surface area contributed by atoms with E-state index in [1.165, 1.54) is 11.3 Å². The number of benzene rings is 1. The topological polar surface area (TPSA) is 18.5 Å². The smallest absolute Gasteiger partial charge is 0.0642 e. The molecule has 4 heteroatoms. The molecule has 0 aliphatic carbocycles. The lowest BCUT2D eigenvalue weighted by molar-refractivity contribution is 0.209. The van der Waals surface area contributed by atoms with E-state index >= 15 is 0 Å². The largest absolute Gasteiger partial charge is 0.368 e. The monoisotopic (exact) mass is 295 g/mol. The minimum absolute atomic E-state index is 0.634. The van der Waals surface area contributed by atoms with Crippen molar-refractivity contribution in [1.82, 2.24) is 10.2 Å². The van der Waals surface area contributed by atoms with Crippen LogP contribution in [0.3, 0.4) is 0 Å². The van der Waals surface area contributed by atoms with Crippen LogP contribution >= 0.6 is 11.6 Å². The molecule has 1 aliphatic rings. The van der Waals surface area contributed by atoms with Gasteiger partial charge in [0.05, 0.1) is 10.7 Å². The number of nitrogens with one attached hydrogen (secondary N) is 1. The van der Waals surface area contributed by atoms with Gasteiger partial charge in [0.25, 0.3) is 0 Å². The molecule has 0 atom stereocenters. The molecule has 0 spiro atoms. The number of hydrogen-bond donors (Lipinski definition) is 1. The number of hydrogen-bond acceptors (Lipinski definition) is 3. The maximum Gasteiger partial charge on any atom is 0.0642 e. The van der Waals surface area contributed by atoms with Gasteiger partial charge >= 0.3 is 0 Å². The first-order valence-corrected chi connectivity index (χ1v) is 7.97. The van der Waals surface area contributed by atoms with E-state index in [9.17, 15) is 0 Å². The minimum atomic E-state index is 0.634. The van der Waals surface area contributed by atoms with Gasteiger partial charge in [0, 0.05) is 38.8 Å². The van der Waals surface area contributed by atoms with Gasteiger partial charge in [-0.1, -0.05) is 24.6 Å². The lowest BCUT2D eigenvalue weighted by atomic mass is 10.1. The second-order valence-corrected chi connectivity index (χ2v) is 6.09. The molecule has 1 aliphatic heterocycles. The number of halogens is 1. The highest BCUT2D eigenvalue weighted by molar-refractivity contribution is 6.33. The van der Waals surface area contributed by atoms with Crippen molar-refractivity contribution in [2.75, 3.05) is 37.6 Å². The Morgan fingerprint density at radius 3 is 2.45 bits per heavy atom. The van der Waals surface area contributed by atoms with E-state index in [0.29, 0.717) is 6.04 Å². The van der Waals surface area contributed by atoms with Gasteiger partial charge < -0.3 is 10.2 Å². The Labute approximate surface area is 127 Å². The van der Waals surface area contributed by atoms with Crippen LogP contribution in [0.5, 0.6) is 0 Å². The Balaban J connectivity index is 1.99. The summed E-state index contributed by atoms with van der Waals surface area (Å²) in [6.45, 7) is 12.9. The van der Waals surface area contributed by atoms with Crippen LogP contribution in [0.15, 0.2) is 18.2 Å². The Hall–Kier alpha value is -0.770. The van der Waals surface area contributed by atoms with Gasteiger partial charge in [0.1, 0.15) is 0 Å². The molecule has 1 N–H and O–H groups in total. The van der Waals surface area contributed by atoms with Crippen molar-refractivity contribution in [3.8, 4) is 0 Å². The van der Waals surface area contributed by atoms with Crippen molar-refractivity contribution in [1.29, 1.82) is 0 Å². The fourth-order valence-electron chi connectivity index (χ4n) is 2.67. The predicted octanol–water partition coefficient (Wildman–Crippen LogP) is 2.98. The molecule has 0 amide bonds. The van der Waals surface area contributed by atoms with Crippen molar-refractivity contribution < 1.29 is 0 Å². The number of piperazine rings is 1. The van der Waals surface area contributed by atoms with E-state index in [-0.39, 0.29) is 0 Å². The molecule has 0 saturated carbocycles. The molecule has 1 saturated heterocycles.